The maximum Gasteiger partial charge on any atom is 0.125 e. The average molecular weight is 217 g/mol. The highest BCUT2D eigenvalue weighted by Crippen LogP contribution is 2.33. The Morgan fingerprint density at radius 2 is 1.94 bits per heavy atom. The van der Waals surface area contributed by atoms with Crippen molar-refractivity contribution in [1.82, 2.24) is 9.78 Å². The zero-order valence-corrected chi connectivity index (χ0v) is 9.65. The number of anilines is 1. The lowest BCUT2D eigenvalue weighted by Crippen LogP contribution is -1.96. The van der Waals surface area contributed by atoms with Gasteiger partial charge in [0.15, 0.2) is 0 Å². The first kappa shape index (κ1) is 10.5. The van der Waals surface area contributed by atoms with Crippen molar-refractivity contribution in [3.8, 4) is 17.0 Å². The zero-order chi connectivity index (χ0) is 11.9. The number of phenolic OH excluding ortho intramolecular Hbond substituents is 1. The number of aryl methyl sites for hydroxylation is 3. The van der Waals surface area contributed by atoms with Gasteiger partial charge in [-0.3, -0.25) is 4.68 Å². The van der Waals surface area contributed by atoms with Crippen LogP contribution in [0.1, 0.15) is 11.1 Å². The molecule has 0 aliphatic carbocycles. The second kappa shape index (κ2) is 3.56. The molecule has 2 aromatic rings. The third kappa shape index (κ3) is 1.62. The van der Waals surface area contributed by atoms with Crippen molar-refractivity contribution in [1.29, 1.82) is 0 Å². The van der Waals surface area contributed by atoms with E-state index in [9.17, 15) is 5.11 Å². The topological polar surface area (TPSA) is 64.1 Å². The first-order valence-corrected chi connectivity index (χ1v) is 5.09. The number of aromatic nitrogens is 2. The number of rotatable bonds is 1. The highest BCUT2D eigenvalue weighted by molar-refractivity contribution is 5.72. The minimum absolute atomic E-state index is 0.246. The highest BCUT2D eigenvalue weighted by Gasteiger charge is 2.12. The Balaban J connectivity index is 2.64. The van der Waals surface area contributed by atoms with Gasteiger partial charge in [-0.15, -0.1) is 0 Å². The Hall–Kier alpha value is -1.97. The molecule has 4 heteroatoms. The van der Waals surface area contributed by atoms with Crippen LogP contribution in [0.15, 0.2) is 18.2 Å². The molecule has 0 aliphatic rings. The first-order valence-electron chi connectivity index (χ1n) is 5.09. The average Bonchev–Trinajstić information content (AvgIpc) is 2.44. The molecule has 0 atom stereocenters. The molecule has 3 N–H and O–H groups in total. The predicted molar refractivity (Wildman–Crippen MR) is 64.2 cm³/mol. The lowest BCUT2D eigenvalue weighted by atomic mass is 10.0. The fourth-order valence-electron chi connectivity index (χ4n) is 1.88. The van der Waals surface area contributed by atoms with Crippen molar-refractivity contribution in [3.05, 3.63) is 29.3 Å². The van der Waals surface area contributed by atoms with Crippen LogP contribution in [-0.4, -0.2) is 14.9 Å². The summed E-state index contributed by atoms with van der Waals surface area (Å²) >= 11 is 0. The van der Waals surface area contributed by atoms with E-state index < -0.39 is 0 Å². The molecule has 0 amide bonds. The van der Waals surface area contributed by atoms with Crippen molar-refractivity contribution in [2.24, 2.45) is 7.05 Å². The number of benzene rings is 1. The van der Waals surface area contributed by atoms with E-state index in [1.54, 1.807) is 23.9 Å². The normalized spacial score (nSPS) is 10.7. The van der Waals surface area contributed by atoms with E-state index in [2.05, 4.69) is 5.10 Å². The summed E-state index contributed by atoms with van der Waals surface area (Å²) in [6, 6.07) is 5.50. The Morgan fingerprint density at radius 1 is 1.25 bits per heavy atom. The number of aromatic hydroxyl groups is 1. The van der Waals surface area contributed by atoms with Crippen molar-refractivity contribution >= 4 is 5.82 Å². The highest BCUT2D eigenvalue weighted by atomic mass is 16.3. The van der Waals surface area contributed by atoms with Crippen molar-refractivity contribution in [3.63, 3.8) is 0 Å². The molecular formula is C12H15N3O. The quantitative estimate of drug-likeness (QED) is 0.767. The summed E-state index contributed by atoms with van der Waals surface area (Å²) in [6.45, 7) is 3.90. The minimum atomic E-state index is 0.246. The molecule has 2 rings (SSSR count). The van der Waals surface area contributed by atoms with Crippen molar-refractivity contribution < 1.29 is 5.11 Å². The van der Waals surface area contributed by atoms with E-state index in [1.165, 1.54) is 0 Å². The van der Waals surface area contributed by atoms with Gasteiger partial charge >= 0.3 is 0 Å². The van der Waals surface area contributed by atoms with Crippen LogP contribution in [0.2, 0.25) is 0 Å². The van der Waals surface area contributed by atoms with Gasteiger partial charge < -0.3 is 10.8 Å². The van der Waals surface area contributed by atoms with Gasteiger partial charge in [0.2, 0.25) is 0 Å². The van der Waals surface area contributed by atoms with Gasteiger partial charge in [-0.1, -0.05) is 6.07 Å². The fourth-order valence-corrected chi connectivity index (χ4v) is 1.88. The van der Waals surface area contributed by atoms with Crippen LogP contribution in [0.25, 0.3) is 11.3 Å². The van der Waals surface area contributed by atoms with Gasteiger partial charge in [-0.25, -0.2) is 0 Å². The maximum atomic E-state index is 9.94. The number of hydrogen-bond donors (Lipinski definition) is 2. The molecule has 1 heterocycles. The molecule has 0 saturated carbocycles. The van der Waals surface area contributed by atoms with E-state index in [-0.39, 0.29) is 5.75 Å². The van der Waals surface area contributed by atoms with Gasteiger partial charge in [0, 0.05) is 18.7 Å². The monoisotopic (exact) mass is 217 g/mol. The van der Waals surface area contributed by atoms with E-state index in [4.69, 9.17) is 5.73 Å². The van der Waals surface area contributed by atoms with Crippen LogP contribution in [-0.2, 0) is 7.05 Å². The number of nitrogen functional groups attached to an aromatic ring is 1. The summed E-state index contributed by atoms with van der Waals surface area (Å²) in [7, 11) is 1.78. The maximum absolute atomic E-state index is 9.94. The number of nitrogens with two attached hydrogens (primary N) is 1. The minimum Gasteiger partial charge on any atom is -0.507 e. The summed E-state index contributed by atoms with van der Waals surface area (Å²) in [4.78, 5) is 0. The summed E-state index contributed by atoms with van der Waals surface area (Å²) < 4.78 is 1.59. The van der Waals surface area contributed by atoms with Crippen LogP contribution >= 0.6 is 0 Å². The SMILES string of the molecule is Cc1cc(C)c(-c2cc(N)n(C)n2)c(O)c1. The third-order valence-corrected chi connectivity index (χ3v) is 2.63. The van der Waals surface area contributed by atoms with Gasteiger partial charge in [0.1, 0.15) is 11.6 Å². The molecule has 0 fully saturated rings. The number of phenols is 1. The van der Waals surface area contributed by atoms with Gasteiger partial charge in [0.25, 0.3) is 0 Å². The lowest BCUT2D eigenvalue weighted by Gasteiger charge is -2.06. The standard InChI is InChI=1S/C12H15N3O/c1-7-4-8(2)12(10(16)5-7)9-6-11(13)15(3)14-9/h4-6,16H,13H2,1-3H3. The smallest absolute Gasteiger partial charge is 0.125 e. The zero-order valence-electron chi connectivity index (χ0n) is 9.65. The van der Waals surface area contributed by atoms with E-state index in [0.717, 1.165) is 16.7 Å². The summed E-state index contributed by atoms with van der Waals surface area (Å²) in [6.07, 6.45) is 0. The predicted octanol–water partition coefficient (Wildman–Crippen LogP) is 1.99. The van der Waals surface area contributed by atoms with Crippen LogP contribution in [0.4, 0.5) is 5.82 Å². The molecule has 0 radical (unpaired) electrons. The molecule has 0 saturated heterocycles. The molecule has 16 heavy (non-hydrogen) atoms. The summed E-state index contributed by atoms with van der Waals surface area (Å²) in [5, 5.41) is 14.2. The molecule has 0 spiro atoms. The largest absolute Gasteiger partial charge is 0.507 e. The number of nitrogens with zero attached hydrogens (tertiary/aromatic N) is 2. The Morgan fingerprint density at radius 3 is 2.44 bits per heavy atom. The van der Waals surface area contributed by atoms with Gasteiger partial charge in [-0.05, 0) is 31.0 Å². The van der Waals surface area contributed by atoms with Crippen molar-refractivity contribution in [2.45, 2.75) is 13.8 Å². The van der Waals surface area contributed by atoms with Crippen LogP contribution in [0.5, 0.6) is 5.75 Å². The van der Waals surface area contributed by atoms with Gasteiger partial charge in [-0.2, -0.15) is 5.10 Å². The Kier molecular flexibility index (Phi) is 2.34. The molecule has 84 valence electrons. The van der Waals surface area contributed by atoms with Crippen LogP contribution in [0, 0.1) is 13.8 Å². The van der Waals surface area contributed by atoms with Crippen LogP contribution < -0.4 is 5.73 Å². The van der Waals surface area contributed by atoms with Crippen molar-refractivity contribution in [2.75, 3.05) is 5.73 Å². The molecule has 0 aliphatic heterocycles. The number of hydrogen-bond acceptors (Lipinski definition) is 3. The molecule has 0 unspecified atom stereocenters. The molecule has 4 nitrogen and oxygen atoms in total. The first-order chi connectivity index (χ1) is 7.49. The summed E-state index contributed by atoms with van der Waals surface area (Å²) in [5.74, 6) is 0.824. The molecule has 1 aromatic carbocycles. The molecule has 1 aromatic heterocycles. The lowest BCUT2D eigenvalue weighted by molar-refractivity contribution is 0.476. The van der Waals surface area contributed by atoms with E-state index >= 15 is 0 Å². The van der Waals surface area contributed by atoms with Gasteiger partial charge in [0.05, 0.1) is 5.69 Å². The molecular weight excluding hydrogens is 202 g/mol. The Labute approximate surface area is 94.3 Å². The second-order valence-electron chi connectivity index (χ2n) is 4.05. The summed E-state index contributed by atoms with van der Waals surface area (Å²) in [5.41, 5.74) is 9.20. The fraction of sp³-hybridized carbons (Fsp3) is 0.250. The Bertz CT molecular complexity index is 501. The van der Waals surface area contributed by atoms with E-state index in [0.29, 0.717) is 11.5 Å². The third-order valence-electron chi connectivity index (χ3n) is 2.63. The molecule has 0 bridgehead atoms. The van der Waals surface area contributed by atoms with E-state index in [1.807, 2.05) is 19.9 Å². The van der Waals surface area contributed by atoms with Crippen LogP contribution in [0.3, 0.4) is 0 Å². The second-order valence-corrected chi connectivity index (χ2v) is 4.05.